The molecule has 0 amide bonds. The van der Waals surface area contributed by atoms with Crippen LogP contribution in [0, 0.1) is 0 Å². The predicted molar refractivity (Wildman–Crippen MR) is 15.8 cm³/mol. The van der Waals surface area contributed by atoms with Gasteiger partial charge in [-0.2, -0.15) is 0 Å². The molecule has 0 spiro atoms. The third-order valence-corrected chi connectivity index (χ3v) is 0. The summed E-state index contributed by atoms with van der Waals surface area (Å²) in [5.74, 6) is 1.62. The van der Waals surface area contributed by atoms with Gasteiger partial charge in [-0.05, 0) is 0 Å². The zero-order valence-electron chi connectivity index (χ0n) is 1.69. The molecule has 3 heteroatoms. The van der Waals surface area contributed by atoms with Gasteiger partial charge in [-0.1, -0.05) is 0 Å². The molecular weight excluding hydrogens is 153 g/mol. The molecule has 0 rings (SSSR count). The number of rotatable bonds is 0. The van der Waals surface area contributed by atoms with Crippen molar-refractivity contribution < 1.29 is 32.5 Å². The van der Waals surface area contributed by atoms with Crippen LogP contribution in [0.3, 0.4) is 0 Å². The molecule has 0 fully saturated rings. The summed E-state index contributed by atoms with van der Waals surface area (Å²) in [6.07, 6.45) is 0. The smallest absolute Gasteiger partial charge is 0 e. The third kappa shape index (κ3) is 9.62. The molecule has 0 aromatic heterocycles. The van der Waals surface area contributed by atoms with Gasteiger partial charge in [0, 0.05) is 17.1 Å². The summed E-state index contributed by atoms with van der Waals surface area (Å²) >= 11 is 3.88. The summed E-state index contributed by atoms with van der Waals surface area (Å²) < 4.78 is 0. The minimum Gasteiger partial charge on any atom is 0 e. The third-order valence-electron chi connectivity index (χ3n) is 0. The van der Waals surface area contributed by atoms with Crippen LogP contribution in [-0.4, -0.2) is 17.4 Å². The van der Waals surface area contributed by atoms with Crippen LogP contribution >= 0.6 is 0 Å². The van der Waals surface area contributed by atoms with Gasteiger partial charge in [-0.15, -0.1) is 0 Å². The molecule has 0 aliphatic heterocycles. The van der Waals surface area contributed by atoms with Crippen LogP contribution in [-0.2, 0) is 32.5 Å². The van der Waals surface area contributed by atoms with Crippen LogP contribution in [0.1, 0.15) is 0 Å². The SMILES string of the molecule is [AlH3].[CH3][Ni].[Mn]. The quantitative estimate of drug-likeness (QED) is 0.413. The van der Waals surface area contributed by atoms with Crippen LogP contribution < -0.4 is 0 Å². The molecule has 0 aromatic carbocycles. The summed E-state index contributed by atoms with van der Waals surface area (Å²) in [5.41, 5.74) is 0. The van der Waals surface area contributed by atoms with Crippen molar-refractivity contribution in [2.45, 2.75) is 5.89 Å². The fourth-order valence-corrected chi connectivity index (χ4v) is 0. The van der Waals surface area contributed by atoms with E-state index in [1.165, 1.54) is 0 Å². The Balaban J connectivity index is -0.00000000500. The predicted octanol–water partition coefficient (Wildman–Crippen LogP) is -0.605. The zero-order chi connectivity index (χ0) is 2.00. The Morgan fingerprint density at radius 3 is 1.25 bits per heavy atom. The van der Waals surface area contributed by atoms with Gasteiger partial charge in [-0.25, -0.2) is 0 Å². The van der Waals surface area contributed by atoms with Gasteiger partial charge in [0.1, 0.15) is 0 Å². The van der Waals surface area contributed by atoms with Crippen molar-refractivity contribution in [3.8, 4) is 0 Å². The zero-order valence-corrected chi connectivity index (χ0v) is 3.86. The molecule has 0 saturated carbocycles. The minimum absolute atomic E-state index is 0. The summed E-state index contributed by atoms with van der Waals surface area (Å²) in [6, 6.07) is 0. The second kappa shape index (κ2) is 23.9. The Morgan fingerprint density at radius 2 is 1.25 bits per heavy atom. The Hall–Kier alpha value is 1.55. The maximum atomic E-state index is 3.88. The Bertz CT molecular complexity index is 8.00. The van der Waals surface area contributed by atoms with Crippen LogP contribution in [0.4, 0.5) is 0 Å². The first-order valence-corrected chi connectivity index (χ1v) is 1.30. The average Bonchev–Trinajstić information content (AvgIpc) is 1.00. The van der Waals surface area contributed by atoms with Crippen molar-refractivity contribution >= 4 is 17.4 Å². The largest absolute Gasteiger partial charge is 0 e. The van der Waals surface area contributed by atoms with Gasteiger partial charge >= 0.3 is 21.4 Å². The normalized spacial score (nSPS) is 1.75. The molecule has 4 heavy (non-hydrogen) atoms. The van der Waals surface area contributed by atoms with Crippen LogP contribution in [0.5, 0.6) is 0 Å². The first kappa shape index (κ1) is 17.7. The monoisotopic (exact) mass is 158 g/mol. The molecule has 0 saturated heterocycles. The molecule has 0 N–H and O–H groups in total. The second-order valence-corrected chi connectivity index (χ2v) is 0. The second-order valence-electron chi connectivity index (χ2n) is 0. The van der Waals surface area contributed by atoms with Crippen molar-refractivity contribution in [3.05, 3.63) is 0 Å². The van der Waals surface area contributed by atoms with E-state index in [0.29, 0.717) is 0 Å². The minimum atomic E-state index is 0. The summed E-state index contributed by atoms with van der Waals surface area (Å²) in [7, 11) is 0. The molecule has 0 heterocycles. The van der Waals surface area contributed by atoms with E-state index in [2.05, 4.69) is 15.5 Å². The Kier molecular flexibility index (Phi) is 106. The van der Waals surface area contributed by atoms with Crippen molar-refractivity contribution in [2.24, 2.45) is 0 Å². The molecule has 0 atom stereocenters. The van der Waals surface area contributed by atoms with Gasteiger partial charge in [0.2, 0.25) is 0 Å². The maximum absolute atomic E-state index is 3.88. The van der Waals surface area contributed by atoms with Crippen molar-refractivity contribution in [2.75, 3.05) is 0 Å². The van der Waals surface area contributed by atoms with E-state index in [9.17, 15) is 0 Å². The van der Waals surface area contributed by atoms with Crippen molar-refractivity contribution in [3.63, 3.8) is 0 Å². The maximum Gasteiger partial charge on any atom is 0 e. The van der Waals surface area contributed by atoms with E-state index in [4.69, 9.17) is 0 Å². The molecule has 30 valence electrons. The van der Waals surface area contributed by atoms with Crippen LogP contribution in [0.2, 0.25) is 5.89 Å². The molecule has 0 aliphatic rings. The van der Waals surface area contributed by atoms with Crippen LogP contribution in [0.15, 0.2) is 0 Å². The molecule has 0 aromatic rings. The van der Waals surface area contributed by atoms with Gasteiger partial charge in [0.15, 0.2) is 17.4 Å². The first-order chi connectivity index (χ1) is 1.00. The van der Waals surface area contributed by atoms with E-state index >= 15 is 0 Å². The van der Waals surface area contributed by atoms with Crippen molar-refractivity contribution in [1.29, 1.82) is 0 Å². The van der Waals surface area contributed by atoms with Crippen LogP contribution in [0.25, 0.3) is 0 Å². The summed E-state index contributed by atoms with van der Waals surface area (Å²) in [5, 5.41) is 0. The Morgan fingerprint density at radius 1 is 1.25 bits per heavy atom. The topological polar surface area (TPSA) is 0 Å². The van der Waals surface area contributed by atoms with E-state index in [1.807, 2.05) is 0 Å². The van der Waals surface area contributed by atoms with E-state index in [1.54, 1.807) is 5.89 Å². The molecule has 0 bridgehead atoms. The van der Waals surface area contributed by atoms with E-state index in [0.717, 1.165) is 0 Å². The molecule has 0 unspecified atom stereocenters. The van der Waals surface area contributed by atoms with Gasteiger partial charge < -0.3 is 0 Å². The fourth-order valence-electron chi connectivity index (χ4n) is 0. The van der Waals surface area contributed by atoms with Gasteiger partial charge in [0.25, 0.3) is 0 Å². The van der Waals surface area contributed by atoms with Crippen molar-refractivity contribution in [1.82, 2.24) is 0 Å². The summed E-state index contributed by atoms with van der Waals surface area (Å²) in [6.45, 7) is 0. The van der Waals surface area contributed by atoms with E-state index < -0.39 is 0 Å². The standard InChI is InChI=1S/CH3.Al.Mn.Ni.3H/h1H3;;;;;;. The molecule has 1 radical (unpaired) electrons. The Labute approximate surface area is 55.7 Å². The van der Waals surface area contributed by atoms with E-state index in [-0.39, 0.29) is 34.4 Å². The molecule has 0 nitrogen and oxygen atoms in total. The number of hydrogen-bond donors (Lipinski definition) is 0. The fraction of sp³-hybridized carbons (Fsp3) is 1.00. The average molecular weight is 159 g/mol. The summed E-state index contributed by atoms with van der Waals surface area (Å²) in [4.78, 5) is 0. The molecular formula is CH6AlMnNi. The number of hydrogen-bond acceptors (Lipinski definition) is 0. The van der Waals surface area contributed by atoms with Gasteiger partial charge in [-0.3, -0.25) is 0 Å². The first-order valence-electron chi connectivity index (χ1n) is 0.316. The molecule has 0 aliphatic carbocycles. The van der Waals surface area contributed by atoms with Gasteiger partial charge in [0.05, 0.1) is 0 Å².